The molecule has 1 aromatic carbocycles. The summed E-state index contributed by atoms with van der Waals surface area (Å²) in [4.78, 5) is 17.5. The molecule has 1 heterocycles. The smallest absolute Gasteiger partial charge is 0.263 e. The lowest BCUT2D eigenvalue weighted by Crippen LogP contribution is -2.36. The number of benzene rings is 1. The Morgan fingerprint density at radius 3 is 2.86 bits per heavy atom. The second-order valence-corrected chi connectivity index (χ2v) is 9.04. The van der Waals surface area contributed by atoms with Crippen molar-refractivity contribution in [2.75, 3.05) is 6.54 Å². The molecule has 28 heavy (non-hydrogen) atoms. The first kappa shape index (κ1) is 20.6. The van der Waals surface area contributed by atoms with Crippen molar-refractivity contribution in [2.45, 2.75) is 69.2 Å². The highest BCUT2D eigenvalue weighted by Gasteiger charge is 2.31. The molecule has 0 bridgehead atoms. The zero-order chi connectivity index (χ0) is 20.0. The number of unbranched alkanes of at least 4 members (excludes halogenated alkanes) is 1. The number of sulfonamides is 1. The van der Waals surface area contributed by atoms with Crippen LogP contribution in [-0.4, -0.2) is 32.7 Å². The predicted molar refractivity (Wildman–Crippen MR) is 111 cm³/mol. The standard InChI is InChI=1S/C21H29N3O3S/c1-2-3-12-18(21(25)22-15-14-16-9-5-4-6-10-16)23-20-17-11-7-8-13-19(17)28(26,27)24-20/h7-9,11,13,18H,2-6,10,12,14-15H2,1H3,(H,22,25)(H,23,24). The minimum absolute atomic E-state index is 0.138. The number of nitrogens with one attached hydrogen (secondary N) is 2. The quantitative estimate of drug-likeness (QED) is 0.653. The van der Waals surface area contributed by atoms with Gasteiger partial charge in [-0.1, -0.05) is 43.5 Å². The first-order valence-electron chi connectivity index (χ1n) is 10.2. The summed E-state index contributed by atoms with van der Waals surface area (Å²) in [7, 11) is -3.60. The van der Waals surface area contributed by atoms with Crippen molar-refractivity contribution in [3.05, 3.63) is 41.5 Å². The minimum atomic E-state index is -3.60. The topological polar surface area (TPSA) is 87.6 Å². The maximum absolute atomic E-state index is 12.7. The van der Waals surface area contributed by atoms with E-state index in [9.17, 15) is 13.2 Å². The third-order valence-electron chi connectivity index (χ3n) is 5.21. The average molecular weight is 404 g/mol. The largest absolute Gasteiger partial charge is 0.354 e. The third-order valence-corrected chi connectivity index (χ3v) is 6.61. The first-order chi connectivity index (χ1) is 13.5. The normalized spacial score (nSPS) is 20.2. The van der Waals surface area contributed by atoms with Gasteiger partial charge in [0, 0.05) is 12.1 Å². The van der Waals surface area contributed by atoms with E-state index in [1.54, 1.807) is 24.3 Å². The number of fused-ring (bicyclic) bond motifs is 1. The fraction of sp³-hybridized carbons (Fsp3) is 0.524. The molecule has 1 aliphatic heterocycles. The van der Waals surface area contributed by atoms with Crippen molar-refractivity contribution in [1.29, 1.82) is 0 Å². The summed E-state index contributed by atoms with van der Waals surface area (Å²) in [5.41, 5.74) is 1.95. The van der Waals surface area contributed by atoms with Gasteiger partial charge >= 0.3 is 0 Å². The van der Waals surface area contributed by atoms with Gasteiger partial charge in [0.15, 0.2) is 0 Å². The summed E-state index contributed by atoms with van der Waals surface area (Å²) in [5, 5.41) is 2.99. The molecule has 7 heteroatoms. The van der Waals surface area contributed by atoms with Crippen LogP contribution in [0.3, 0.4) is 0 Å². The predicted octanol–water partition coefficient (Wildman–Crippen LogP) is 3.29. The Bertz CT molecular complexity index is 875. The summed E-state index contributed by atoms with van der Waals surface area (Å²) in [5.74, 6) is 0.128. The molecule has 0 aromatic heterocycles. The van der Waals surface area contributed by atoms with Gasteiger partial charge in [-0.2, -0.15) is 0 Å². The number of hydrogen-bond acceptors (Lipinski definition) is 4. The third kappa shape index (κ3) is 5.01. The molecule has 2 aliphatic rings. The summed E-state index contributed by atoms with van der Waals surface area (Å²) in [6.07, 6.45) is 10.3. The van der Waals surface area contributed by atoms with Crippen LogP contribution in [0, 0.1) is 0 Å². The monoisotopic (exact) mass is 403 g/mol. The van der Waals surface area contributed by atoms with Gasteiger partial charge in [0.2, 0.25) is 5.91 Å². The maximum atomic E-state index is 12.7. The number of amidine groups is 1. The molecule has 1 aliphatic carbocycles. The molecule has 0 saturated carbocycles. The molecular formula is C21H29N3O3S. The number of carbonyl (C=O) groups is 1. The summed E-state index contributed by atoms with van der Waals surface area (Å²) in [6.45, 7) is 2.66. The lowest BCUT2D eigenvalue weighted by Gasteiger charge is -2.16. The van der Waals surface area contributed by atoms with E-state index in [1.165, 1.54) is 18.4 Å². The number of allylic oxidation sites excluding steroid dienone is 1. The van der Waals surface area contributed by atoms with E-state index in [-0.39, 0.29) is 16.6 Å². The van der Waals surface area contributed by atoms with E-state index >= 15 is 0 Å². The van der Waals surface area contributed by atoms with Gasteiger partial charge in [0.25, 0.3) is 10.0 Å². The van der Waals surface area contributed by atoms with Crippen LogP contribution in [0.4, 0.5) is 0 Å². The van der Waals surface area contributed by atoms with Crippen molar-refractivity contribution in [2.24, 2.45) is 4.99 Å². The first-order valence-corrected chi connectivity index (χ1v) is 11.6. The highest BCUT2D eigenvalue weighted by molar-refractivity contribution is 7.90. The molecule has 1 amide bonds. The molecule has 6 nitrogen and oxygen atoms in total. The second kappa shape index (κ2) is 9.37. The number of hydrogen-bond donors (Lipinski definition) is 2. The van der Waals surface area contributed by atoms with Crippen molar-refractivity contribution >= 4 is 21.8 Å². The number of amides is 1. The molecule has 1 unspecified atom stereocenters. The van der Waals surface area contributed by atoms with Crippen LogP contribution in [-0.2, 0) is 14.8 Å². The Hall–Kier alpha value is -2.15. The molecule has 152 valence electrons. The Kier molecular flexibility index (Phi) is 6.88. The number of rotatable bonds is 8. The lowest BCUT2D eigenvalue weighted by atomic mass is 9.97. The van der Waals surface area contributed by atoms with Gasteiger partial charge < -0.3 is 5.32 Å². The lowest BCUT2D eigenvalue weighted by molar-refractivity contribution is -0.122. The van der Waals surface area contributed by atoms with Crippen molar-refractivity contribution in [3.8, 4) is 0 Å². The van der Waals surface area contributed by atoms with Crippen LogP contribution < -0.4 is 10.0 Å². The minimum Gasteiger partial charge on any atom is -0.354 e. The van der Waals surface area contributed by atoms with Crippen LogP contribution in [0.2, 0.25) is 0 Å². The van der Waals surface area contributed by atoms with Gasteiger partial charge in [-0.05, 0) is 50.7 Å². The number of aliphatic imine (C=N–C) groups is 1. The Balaban J connectivity index is 1.70. The molecule has 2 N–H and O–H groups in total. The highest BCUT2D eigenvalue weighted by atomic mass is 32.2. The van der Waals surface area contributed by atoms with E-state index < -0.39 is 16.1 Å². The van der Waals surface area contributed by atoms with Gasteiger partial charge in [-0.15, -0.1) is 0 Å². The molecule has 3 rings (SSSR count). The number of nitrogens with zero attached hydrogens (tertiary/aromatic N) is 1. The summed E-state index contributed by atoms with van der Waals surface area (Å²) < 4.78 is 27.1. The van der Waals surface area contributed by atoms with Gasteiger partial charge in [-0.3, -0.25) is 14.5 Å². The summed E-state index contributed by atoms with van der Waals surface area (Å²) >= 11 is 0. The molecule has 1 aromatic rings. The van der Waals surface area contributed by atoms with Crippen LogP contribution >= 0.6 is 0 Å². The fourth-order valence-corrected chi connectivity index (χ4v) is 4.87. The zero-order valence-corrected chi connectivity index (χ0v) is 17.2. The molecule has 0 fully saturated rings. The van der Waals surface area contributed by atoms with E-state index in [4.69, 9.17) is 0 Å². The number of carbonyl (C=O) groups excluding carboxylic acids is 1. The van der Waals surface area contributed by atoms with Gasteiger partial charge in [0.1, 0.15) is 11.9 Å². The molecule has 1 atom stereocenters. The zero-order valence-electron chi connectivity index (χ0n) is 16.4. The molecule has 0 spiro atoms. The Labute approximate surface area is 167 Å². The highest BCUT2D eigenvalue weighted by Crippen LogP contribution is 2.23. The van der Waals surface area contributed by atoms with Crippen LogP contribution in [0.5, 0.6) is 0 Å². The van der Waals surface area contributed by atoms with E-state index in [1.807, 2.05) is 0 Å². The van der Waals surface area contributed by atoms with Crippen LogP contribution in [0.15, 0.2) is 45.8 Å². The Morgan fingerprint density at radius 1 is 1.29 bits per heavy atom. The molecule has 0 saturated heterocycles. The Morgan fingerprint density at radius 2 is 2.11 bits per heavy atom. The second-order valence-electron chi connectivity index (χ2n) is 7.39. The average Bonchev–Trinajstić information content (AvgIpc) is 2.96. The van der Waals surface area contributed by atoms with Crippen molar-refractivity contribution in [1.82, 2.24) is 10.0 Å². The van der Waals surface area contributed by atoms with E-state index in [2.05, 4.69) is 28.0 Å². The van der Waals surface area contributed by atoms with Crippen LogP contribution in [0.25, 0.3) is 0 Å². The van der Waals surface area contributed by atoms with Crippen LogP contribution in [0.1, 0.15) is 63.9 Å². The van der Waals surface area contributed by atoms with Gasteiger partial charge in [0.05, 0.1) is 4.90 Å². The van der Waals surface area contributed by atoms with E-state index in [0.29, 0.717) is 18.5 Å². The molecule has 0 radical (unpaired) electrons. The van der Waals surface area contributed by atoms with Gasteiger partial charge in [-0.25, -0.2) is 8.42 Å². The van der Waals surface area contributed by atoms with E-state index in [0.717, 1.165) is 32.1 Å². The van der Waals surface area contributed by atoms with Crippen molar-refractivity contribution < 1.29 is 13.2 Å². The SMILES string of the molecule is CCCCC(N=C1NS(=O)(=O)c2ccccc21)C(=O)NCCC1=CCCCC1. The van der Waals surface area contributed by atoms with Crippen molar-refractivity contribution in [3.63, 3.8) is 0 Å². The summed E-state index contributed by atoms with van der Waals surface area (Å²) in [6, 6.07) is 6.14. The maximum Gasteiger partial charge on any atom is 0.263 e. The fourth-order valence-electron chi connectivity index (χ4n) is 3.63. The molecular weight excluding hydrogens is 374 g/mol.